The zero-order valence-electron chi connectivity index (χ0n) is 11.0. The Morgan fingerprint density at radius 1 is 1.24 bits per heavy atom. The maximum atomic E-state index is 12.0. The van der Waals surface area contributed by atoms with Gasteiger partial charge in [0.25, 0.3) is 5.91 Å². The molecule has 0 saturated heterocycles. The number of rotatable bonds is 4. The van der Waals surface area contributed by atoms with Crippen molar-refractivity contribution in [3.05, 3.63) is 47.8 Å². The number of carbonyl (C=O) groups is 2. The quantitative estimate of drug-likeness (QED) is 0.790. The number of benzene rings is 1. The van der Waals surface area contributed by atoms with E-state index in [1.165, 1.54) is 43.6 Å². The van der Waals surface area contributed by atoms with Crippen LogP contribution in [0.1, 0.15) is 20.8 Å². The third-order valence-electron chi connectivity index (χ3n) is 2.68. The van der Waals surface area contributed by atoms with Gasteiger partial charge in [-0.25, -0.2) is 9.78 Å². The topological polar surface area (TPSA) is 109 Å². The molecule has 1 aromatic carbocycles. The predicted molar refractivity (Wildman–Crippen MR) is 73.8 cm³/mol. The van der Waals surface area contributed by atoms with Crippen LogP contribution in [0.15, 0.2) is 36.5 Å². The molecule has 108 valence electrons. The van der Waals surface area contributed by atoms with Crippen molar-refractivity contribution in [3.63, 3.8) is 0 Å². The number of hydrogen-bond acceptors (Lipinski definition) is 5. The van der Waals surface area contributed by atoms with E-state index in [4.69, 9.17) is 9.84 Å². The number of aromatic carboxylic acids is 1. The second-order valence-electron chi connectivity index (χ2n) is 4.08. The highest BCUT2D eigenvalue weighted by Crippen LogP contribution is 2.26. The molecule has 1 amide bonds. The summed E-state index contributed by atoms with van der Waals surface area (Å²) >= 11 is 0. The highest BCUT2D eigenvalue weighted by Gasteiger charge is 2.11. The van der Waals surface area contributed by atoms with Crippen molar-refractivity contribution >= 4 is 17.6 Å². The molecule has 0 atom stereocenters. The number of phenols is 1. The largest absolute Gasteiger partial charge is 0.504 e. The smallest absolute Gasteiger partial charge is 0.354 e. The van der Waals surface area contributed by atoms with Crippen molar-refractivity contribution < 1.29 is 24.5 Å². The van der Waals surface area contributed by atoms with Gasteiger partial charge in [0.1, 0.15) is 5.69 Å². The number of hydrogen-bond donors (Lipinski definition) is 3. The summed E-state index contributed by atoms with van der Waals surface area (Å²) < 4.78 is 4.89. The molecular formula is C14H12N2O5. The zero-order valence-corrected chi connectivity index (χ0v) is 11.0. The molecule has 2 aromatic rings. The molecule has 7 heteroatoms. The van der Waals surface area contributed by atoms with E-state index in [1.54, 1.807) is 0 Å². The van der Waals surface area contributed by atoms with Crippen LogP contribution in [0.4, 0.5) is 5.69 Å². The Bertz CT molecular complexity index is 682. The Balaban J connectivity index is 2.14. The molecule has 21 heavy (non-hydrogen) atoms. The highest BCUT2D eigenvalue weighted by atomic mass is 16.5. The Morgan fingerprint density at radius 2 is 2.00 bits per heavy atom. The van der Waals surface area contributed by atoms with Gasteiger partial charge in [0.05, 0.1) is 19.0 Å². The van der Waals surface area contributed by atoms with Gasteiger partial charge in [-0.2, -0.15) is 0 Å². The summed E-state index contributed by atoms with van der Waals surface area (Å²) in [5.41, 5.74) is 0.464. The molecule has 0 bridgehead atoms. The van der Waals surface area contributed by atoms with Gasteiger partial charge in [-0.15, -0.1) is 0 Å². The Morgan fingerprint density at radius 3 is 2.52 bits per heavy atom. The minimum Gasteiger partial charge on any atom is -0.504 e. The molecule has 0 aliphatic rings. The number of phenolic OH excluding ortho intramolecular Hbond substituents is 1. The van der Waals surface area contributed by atoms with Gasteiger partial charge in [0.15, 0.2) is 11.5 Å². The monoisotopic (exact) mass is 288 g/mol. The molecule has 0 saturated carbocycles. The molecule has 0 radical (unpaired) electrons. The molecule has 1 heterocycles. The van der Waals surface area contributed by atoms with Crippen LogP contribution in [0, 0.1) is 0 Å². The lowest BCUT2D eigenvalue weighted by Gasteiger charge is -2.07. The number of nitrogens with zero attached hydrogens (tertiary/aromatic N) is 1. The van der Waals surface area contributed by atoms with Crippen molar-refractivity contribution in [1.29, 1.82) is 0 Å². The molecule has 0 fully saturated rings. The molecule has 7 nitrogen and oxygen atoms in total. The number of ether oxygens (including phenoxy) is 1. The van der Waals surface area contributed by atoms with Crippen LogP contribution in [-0.2, 0) is 0 Å². The summed E-state index contributed by atoms with van der Waals surface area (Å²) in [4.78, 5) is 26.3. The van der Waals surface area contributed by atoms with Crippen LogP contribution < -0.4 is 10.1 Å². The lowest BCUT2D eigenvalue weighted by atomic mass is 10.2. The number of aromatic hydroxyl groups is 1. The summed E-state index contributed by atoms with van der Waals surface area (Å²) in [5, 5.41) is 20.9. The first-order valence-corrected chi connectivity index (χ1v) is 5.89. The molecule has 1 aromatic heterocycles. The van der Waals surface area contributed by atoms with E-state index in [0.29, 0.717) is 5.69 Å². The molecule has 3 N–H and O–H groups in total. The number of amides is 1. The fourth-order valence-corrected chi connectivity index (χ4v) is 1.63. The Labute approximate surface area is 119 Å². The van der Waals surface area contributed by atoms with Crippen LogP contribution in [0.3, 0.4) is 0 Å². The fraction of sp³-hybridized carbons (Fsp3) is 0.0714. The number of carbonyl (C=O) groups excluding carboxylic acids is 1. The summed E-state index contributed by atoms with van der Waals surface area (Å²) in [6.45, 7) is 0. The number of carboxylic acid groups (broad SMARTS) is 1. The van der Waals surface area contributed by atoms with Crippen LogP contribution in [0.5, 0.6) is 11.5 Å². The molecule has 0 aliphatic heterocycles. The van der Waals surface area contributed by atoms with Gasteiger partial charge in [0, 0.05) is 5.56 Å². The van der Waals surface area contributed by atoms with E-state index < -0.39 is 11.9 Å². The third kappa shape index (κ3) is 3.27. The van der Waals surface area contributed by atoms with Crippen molar-refractivity contribution in [2.75, 3.05) is 12.4 Å². The van der Waals surface area contributed by atoms with E-state index in [9.17, 15) is 14.7 Å². The SMILES string of the molecule is COc1ccc(C(=O)Nc2ccc(C(=O)O)nc2)cc1O. The highest BCUT2D eigenvalue weighted by molar-refractivity contribution is 6.04. The number of aromatic nitrogens is 1. The van der Waals surface area contributed by atoms with Gasteiger partial charge in [0.2, 0.25) is 0 Å². The van der Waals surface area contributed by atoms with Crippen LogP contribution in [0.2, 0.25) is 0 Å². The molecule has 0 unspecified atom stereocenters. The first-order valence-electron chi connectivity index (χ1n) is 5.89. The maximum Gasteiger partial charge on any atom is 0.354 e. The van der Waals surface area contributed by atoms with E-state index in [2.05, 4.69) is 10.3 Å². The summed E-state index contributed by atoms with van der Waals surface area (Å²) in [6, 6.07) is 6.94. The lowest BCUT2D eigenvalue weighted by Crippen LogP contribution is -2.12. The predicted octanol–water partition coefficient (Wildman–Crippen LogP) is 1.75. The zero-order chi connectivity index (χ0) is 15.4. The Hall–Kier alpha value is -3.09. The van der Waals surface area contributed by atoms with Crippen molar-refractivity contribution in [2.24, 2.45) is 0 Å². The molecular weight excluding hydrogens is 276 g/mol. The number of anilines is 1. The first kappa shape index (κ1) is 14.3. The normalized spacial score (nSPS) is 9.95. The van der Waals surface area contributed by atoms with Gasteiger partial charge in [-0.3, -0.25) is 4.79 Å². The number of carboxylic acids is 1. The maximum absolute atomic E-state index is 12.0. The molecule has 2 rings (SSSR count). The second kappa shape index (κ2) is 5.91. The summed E-state index contributed by atoms with van der Waals surface area (Å²) in [5.74, 6) is -1.49. The standard InChI is InChI=1S/C14H12N2O5/c1-21-12-5-2-8(6-11(12)17)13(18)16-9-3-4-10(14(19)20)15-7-9/h2-7,17H,1H3,(H,16,18)(H,19,20). The van der Waals surface area contributed by atoms with Gasteiger partial charge >= 0.3 is 5.97 Å². The minimum absolute atomic E-state index is 0.116. The van der Waals surface area contributed by atoms with Gasteiger partial charge in [-0.1, -0.05) is 0 Å². The third-order valence-corrected chi connectivity index (χ3v) is 2.68. The van der Waals surface area contributed by atoms with E-state index in [0.717, 1.165) is 0 Å². The molecule has 0 spiro atoms. The van der Waals surface area contributed by atoms with Crippen LogP contribution in [0.25, 0.3) is 0 Å². The van der Waals surface area contributed by atoms with E-state index in [-0.39, 0.29) is 22.8 Å². The van der Waals surface area contributed by atoms with Gasteiger partial charge in [-0.05, 0) is 30.3 Å². The number of nitrogens with one attached hydrogen (secondary N) is 1. The summed E-state index contributed by atoms with van der Waals surface area (Å²) in [6.07, 6.45) is 1.24. The number of pyridine rings is 1. The fourth-order valence-electron chi connectivity index (χ4n) is 1.63. The average Bonchev–Trinajstić information content (AvgIpc) is 2.47. The van der Waals surface area contributed by atoms with Gasteiger partial charge < -0.3 is 20.3 Å². The number of methoxy groups -OCH3 is 1. The molecule has 0 aliphatic carbocycles. The van der Waals surface area contributed by atoms with Crippen molar-refractivity contribution in [3.8, 4) is 11.5 Å². The average molecular weight is 288 g/mol. The van der Waals surface area contributed by atoms with E-state index >= 15 is 0 Å². The van der Waals surface area contributed by atoms with Crippen molar-refractivity contribution in [1.82, 2.24) is 4.98 Å². The lowest BCUT2D eigenvalue weighted by molar-refractivity contribution is 0.0690. The van der Waals surface area contributed by atoms with Crippen molar-refractivity contribution in [2.45, 2.75) is 0 Å². The van der Waals surface area contributed by atoms with E-state index in [1.807, 2.05) is 0 Å². The second-order valence-corrected chi connectivity index (χ2v) is 4.08. The summed E-state index contributed by atoms with van der Waals surface area (Å²) in [7, 11) is 1.41. The van der Waals surface area contributed by atoms with Crippen LogP contribution in [-0.4, -0.2) is 34.2 Å². The minimum atomic E-state index is -1.15. The Kier molecular flexibility index (Phi) is 4.03. The van der Waals surface area contributed by atoms with Crippen LogP contribution >= 0.6 is 0 Å². The first-order chi connectivity index (χ1) is 10.0.